The predicted molar refractivity (Wildman–Crippen MR) is 60.0 cm³/mol. The first-order valence-corrected chi connectivity index (χ1v) is 4.89. The lowest BCUT2D eigenvalue weighted by Crippen LogP contribution is -2.00. The zero-order valence-corrected chi connectivity index (χ0v) is 9.07. The third-order valence-electron chi connectivity index (χ3n) is 2.13. The van der Waals surface area contributed by atoms with Crippen LogP contribution >= 0.6 is 0 Å². The van der Waals surface area contributed by atoms with Crippen molar-refractivity contribution in [3.63, 3.8) is 0 Å². The highest BCUT2D eigenvalue weighted by molar-refractivity contribution is 5.72. The van der Waals surface area contributed by atoms with Gasteiger partial charge >= 0.3 is 5.97 Å². The van der Waals surface area contributed by atoms with E-state index in [9.17, 15) is 9.18 Å². The first kappa shape index (κ1) is 12.4. The molecule has 1 aromatic carbocycles. The number of esters is 1. The van der Waals surface area contributed by atoms with Crippen LogP contribution in [0.15, 0.2) is 24.3 Å². The highest BCUT2D eigenvalue weighted by atomic mass is 19.1. The Balaban J connectivity index is 2.76. The number of hydrogen-bond donors (Lipinski definition) is 1. The Hall–Kier alpha value is -1.68. The van der Waals surface area contributed by atoms with Crippen LogP contribution in [0.1, 0.15) is 17.5 Å². The molecule has 0 aliphatic rings. The minimum atomic E-state index is -0.314. The van der Waals surface area contributed by atoms with Crippen molar-refractivity contribution in [3.8, 4) is 0 Å². The fourth-order valence-corrected chi connectivity index (χ4v) is 1.28. The van der Waals surface area contributed by atoms with E-state index in [2.05, 4.69) is 4.74 Å². The highest BCUT2D eigenvalue weighted by Gasteiger charge is 2.00. The van der Waals surface area contributed by atoms with Crippen molar-refractivity contribution in [2.75, 3.05) is 7.11 Å². The second-order valence-corrected chi connectivity index (χ2v) is 3.23. The summed E-state index contributed by atoms with van der Waals surface area (Å²) in [6.07, 6.45) is 3.59. The van der Waals surface area contributed by atoms with Gasteiger partial charge in [0.15, 0.2) is 0 Å². The number of benzene rings is 1. The zero-order valence-electron chi connectivity index (χ0n) is 9.07. The monoisotopic (exact) mass is 223 g/mol. The fraction of sp³-hybridized carbons (Fsp3) is 0.250. The van der Waals surface area contributed by atoms with Crippen molar-refractivity contribution < 1.29 is 13.9 Å². The van der Waals surface area contributed by atoms with Gasteiger partial charge in [0.1, 0.15) is 5.82 Å². The van der Waals surface area contributed by atoms with Gasteiger partial charge < -0.3 is 10.5 Å². The zero-order chi connectivity index (χ0) is 12.0. The number of methoxy groups -OCH3 is 1. The second-order valence-electron chi connectivity index (χ2n) is 3.23. The molecule has 0 amide bonds. The average molecular weight is 223 g/mol. The molecular weight excluding hydrogens is 209 g/mol. The van der Waals surface area contributed by atoms with E-state index >= 15 is 0 Å². The standard InChI is InChI=1S/C12H14FNO2/c1-16-12(15)4-2-3-9-5-6-11(13)7-10(9)8-14/h2-3,5-7H,4,8,14H2,1H3. The summed E-state index contributed by atoms with van der Waals surface area (Å²) in [5, 5.41) is 0. The van der Waals surface area contributed by atoms with Gasteiger partial charge in [-0.15, -0.1) is 0 Å². The van der Waals surface area contributed by atoms with Crippen LogP contribution in [-0.2, 0) is 16.1 Å². The van der Waals surface area contributed by atoms with E-state index in [0.29, 0.717) is 5.56 Å². The molecular formula is C12H14FNO2. The van der Waals surface area contributed by atoms with E-state index in [4.69, 9.17) is 5.73 Å². The van der Waals surface area contributed by atoms with E-state index < -0.39 is 0 Å². The summed E-state index contributed by atoms with van der Waals surface area (Å²) < 4.78 is 17.4. The van der Waals surface area contributed by atoms with Gasteiger partial charge in [-0.25, -0.2) is 4.39 Å². The van der Waals surface area contributed by atoms with Gasteiger partial charge in [0.05, 0.1) is 13.5 Å². The van der Waals surface area contributed by atoms with Crippen molar-refractivity contribution in [3.05, 3.63) is 41.2 Å². The van der Waals surface area contributed by atoms with Gasteiger partial charge in [0.25, 0.3) is 0 Å². The molecule has 0 unspecified atom stereocenters. The number of ether oxygens (including phenoxy) is 1. The Morgan fingerprint density at radius 2 is 2.31 bits per heavy atom. The van der Waals surface area contributed by atoms with Crippen LogP contribution in [0.2, 0.25) is 0 Å². The van der Waals surface area contributed by atoms with Crippen molar-refractivity contribution in [2.24, 2.45) is 5.73 Å². The van der Waals surface area contributed by atoms with Gasteiger partial charge in [0.2, 0.25) is 0 Å². The Kier molecular flexibility index (Phi) is 4.66. The molecule has 86 valence electrons. The number of nitrogens with two attached hydrogens (primary N) is 1. The SMILES string of the molecule is COC(=O)CC=Cc1ccc(F)cc1CN. The molecule has 0 fully saturated rings. The molecule has 0 spiro atoms. The Labute approximate surface area is 93.7 Å². The maximum Gasteiger partial charge on any atom is 0.309 e. The molecule has 1 aromatic rings. The molecule has 16 heavy (non-hydrogen) atoms. The van der Waals surface area contributed by atoms with Crippen LogP contribution in [0.3, 0.4) is 0 Å². The third-order valence-corrected chi connectivity index (χ3v) is 2.13. The molecule has 3 nitrogen and oxygen atoms in total. The maximum atomic E-state index is 12.9. The molecule has 0 radical (unpaired) electrons. The Morgan fingerprint density at radius 3 is 2.94 bits per heavy atom. The largest absolute Gasteiger partial charge is 0.469 e. The van der Waals surface area contributed by atoms with Gasteiger partial charge in [-0.1, -0.05) is 18.2 Å². The molecule has 0 aliphatic carbocycles. The lowest BCUT2D eigenvalue weighted by molar-refractivity contribution is -0.139. The lowest BCUT2D eigenvalue weighted by atomic mass is 10.1. The van der Waals surface area contributed by atoms with Gasteiger partial charge in [-0.3, -0.25) is 4.79 Å². The van der Waals surface area contributed by atoms with Gasteiger partial charge in [-0.2, -0.15) is 0 Å². The molecule has 0 aliphatic heterocycles. The number of carbonyl (C=O) groups is 1. The predicted octanol–water partition coefficient (Wildman–Crippen LogP) is 1.86. The molecule has 0 heterocycles. The Morgan fingerprint density at radius 1 is 1.56 bits per heavy atom. The second kappa shape index (κ2) is 6.02. The van der Waals surface area contributed by atoms with Gasteiger partial charge in [0, 0.05) is 6.54 Å². The summed E-state index contributed by atoms with van der Waals surface area (Å²) in [6, 6.07) is 4.38. The Bertz CT molecular complexity index is 402. The molecule has 0 aromatic heterocycles. The third kappa shape index (κ3) is 3.47. The number of halogens is 1. The van der Waals surface area contributed by atoms with E-state index in [0.717, 1.165) is 5.56 Å². The topological polar surface area (TPSA) is 52.3 Å². The lowest BCUT2D eigenvalue weighted by Gasteiger charge is -2.02. The molecule has 2 N–H and O–H groups in total. The van der Waals surface area contributed by atoms with Gasteiger partial charge in [-0.05, 0) is 23.3 Å². The number of rotatable bonds is 4. The summed E-state index contributed by atoms with van der Waals surface area (Å²) in [4.78, 5) is 10.9. The van der Waals surface area contributed by atoms with Crippen molar-refractivity contribution in [1.29, 1.82) is 0 Å². The van der Waals surface area contributed by atoms with Crippen LogP contribution in [0.4, 0.5) is 4.39 Å². The molecule has 0 saturated carbocycles. The van der Waals surface area contributed by atoms with Crippen LogP contribution in [-0.4, -0.2) is 13.1 Å². The first-order valence-electron chi connectivity index (χ1n) is 4.89. The molecule has 0 saturated heterocycles. The summed E-state index contributed by atoms with van der Waals surface area (Å²) in [5.74, 6) is -0.627. The average Bonchev–Trinajstić information content (AvgIpc) is 2.30. The molecule has 0 bridgehead atoms. The van der Waals surface area contributed by atoms with Crippen LogP contribution in [0.5, 0.6) is 0 Å². The minimum Gasteiger partial charge on any atom is -0.469 e. The highest BCUT2D eigenvalue weighted by Crippen LogP contribution is 2.12. The first-order chi connectivity index (χ1) is 7.67. The number of hydrogen-bond acceptors (Lipinski definition) is 3. The van der Waals surface area contributed by atoms with E-state index in [1.54, 1.807) is 18.2 Å². The summed E-state index contributed by atoms with van der Waals surface area (Å²) in [7, 11) is 1.33. The summed E-state index contributed by atoms with van der Waals surface area (Å²) in [5.41, 5.74) is 7.01. The van der Waals surface area contributed by atoms with Crippen molar-refractivity contribution >= 4 is 12.0 Å². The van der Waals surface area contributed by atoms with Crippen LogP contribution in [0.25, 0.3) is 6.08 Å². The van der Waals surface area contributed by atoms with E-state index in [1.165, 1.54) is 19.2 Å². The number of carbonyl (C=O) groups excluding carboxylic acids is 1. The van der Waals surface area contributed by atoms with Crippen molar-refractivity contribution in [2.45, 2.75) is 13.0 Å². The van der Waals surface area contributed by atoms with Crippen LogP contribution in [0, 0.1) is 5.82 Å². The van der Waals surface area contributed by atoms with E-state index in [1.807, 2.05) is 0 Å². The molecule has 4 heteroatoms. The van der Waals surface area contributed by atoms with E-state index in [-0.39, 0.29) is 24.8 Å². The normalized spacial score (nSPS) is 10.7. The fourth-order valence-electron chi connectivity index (χ4n) is 1.28. The molecule has 0 atom stereocenters. The quantitative estimate of drug-likeness (QED) is 0.793. The molecule has 1 rings (SSSR count). The maximum absolute atomic E-state index is 12.9. The smallest absolute Gasteiger partial charge is 0.309 e. The summed E-state index contributed by atoms with van der Waals surface area (Å²) >= 11 is 0. The summed E-state index contributed by atoms with van der Waals surface area (Å²) in [6.45, 7) is 0.260. The van der Waals surface area contributed by atoms with Crippen molar-refractivity contribution in [1.82, 2.24) is 0 Å². The van der Waals surface area contributed by atoms with Crippen LogP contribution < -0.4 is 5.73 Å². The minimum absolute atomic E-state index is 0.192.